The van der Waals surface area contributed by atoms with E-state index in [1.807, 2.05) is 6.92 Å². The molecule has 26 heavy (non-hydrogen) atoms. The average Bonchev–Trinajstić information content (AvgIpc) is 2.88. The lowest BCUT2D eigenvalue weighted by molar-refractivity contribution is -0.147. The Morgan fingerprint density at radius 2 is 1.58 bits per heavy atom. The smallest absolute Gasteiger partial charge is 0.330 e. The minimum atomic E-state index is -1.69. The van der Waals surface area contributed by atoms with Crippen LogP contribution in [0.4, 0.5) is 0 Å². The van der Waals surface area contributed by atoms with Crippen LogP contribution in [0.15, 0.2) is 48.5 Å². The molecule has 3 rings (SSSR count). The molecule has 1 aliphatic heterocycles. The highest BCUT2D eigenvalue weighted by Gasteiger charge is 2.50. The van der Waals surface area contributed by atoms with Gasteiger partial charge in [-0.2, -0.15) is 0 Å². The average molecular weight is 353 g/mol. The van der Waals surface area contributed by atoms with E-state index < -0.39 is 23.3 Å². The van der Waals surface area contributed by atoms with E-state index in [1.54, 1.807) is 36.4 Å². The molecule has 2 aromatic rings. The van der Waals surface area contributed by atoms with E-state index in [0.29, 0.717) is 17.9 Å². The Balaban J connectivity index is 1.95. The summed E-state index contributed by atoms with van der Waals surface area (Å²) in [5.41, 5.74) is -0.538. The number of carboxylic acids is 1. The first-order chi connectivity index (χ1) is 12.4. The first kappa shape index (κ1) is 17.7. The molecule has 0 saturated heterocycles. The highest BCUT2D eigenvalue weighted by Crippen LogP contribution is 2.32. The summed E-state index contributed by atoms with van der Waals surface area (Å²) in [7, 11) is 0. The molecule has 1 atom stereocenters. The van der Waals surface area contributed by atoms with Gasteiger partial charge in [0.05, 0.1) is 17.7 Å². The Bertz CT molecular complexity index is 839. The number of carbonyl (C=O) groups excluding carboxylic acids is 2. The molecule has 6 nitrogen and oxygen atoms in total. The van der Waals surface area contributed by atoms with E-state index in [9.17, 15) is 19.5 Å². The van der Waals surface area contributed by atoms with E-state index in [-0.39, 0.29) is 17.5 Å². The molecule has 0 aliphatic carbocycles. The number of hydrogen-bond donors (Lipinski definition) is 1. The fourth-order valence-electron chi connectivity index (χ4n) is 3.16. The molecular formula is C20H19NO5. The first-order valence-electron chi connectivity index (χ1n) is 8.31. The van der Waals surface area contributed by atoms with Crippen molar-refractivity contribution in [3.8, 4) is 5.75 Å². The summed E-state index contributed by atoms with van der Waals surface area (Å²) in [6.07, 6.45) is 0.000205. The summed E-state index contributed by atoms with van der Waals surface area (Å²) < 4.78 is 5.38. The summed E-state index contributed by atoms with van der Waals surface area (Å²) in [5, 5.41) is 9.84. The highest BCUT2D eigenvalue weighted by atomic mass is 16.5. The minimum Gasteiger partial charge on any atom is -0.494 e. The van der Waals surface area contributed by atoms with Gasteiger partial charge in [0.25, 0.3) is 11.8 Å². The van der Waals surface area contributed by atoms with Gasteiger partial charge in [-0.3, -0.25) is 14.5 Å². The zero-order valence-corrected chi connectivity index (χ0v) is 14.6. The van der Waals surface area contributed by atoms with Crippen LogP contribution < -0.4 is 4.74 Å². The lowest BCUT2D eigenvalue weighted by Crippen LogP contribution is -2.56. The largest absolute Gasteiger partial charge is 0.494 e. The number of imide groups is 1. The van der Waals surface area contributed by atoms with Crippen molar-refractivity contribution >= 4 is 17.8 Å². The molecule has 0 saturated carbocycles. The van der Waals surface area contributed by atoms with E-state index >= 15 is 0 Å². The molecule has 0 radical (unpaired) electrons. The Labute approximate surface area is 151 Å². The van der Waals surface area contributed by atoms with E-state index in [2.05, 4.69) is 0 Å². The fraction of sp³-hybridized carbons (Fsp3) is 0.250. The number of carbonyl (C=O) groups is 3. The summed E-state index contributed by atoms with van der Waals surface area (Å²) in [5.74, 6) is -1.72. The lowest BCUT2D eigenvalue weighted by atomic mass is 9.90. The third-order valence-electron chi connectivity index (χ3n) is 4.53. The standard InChI is InChI=1S/C20H19NO5/c1-3-26-14-10-8-13(9-11-14)12-20(2,19(24)25)21-17(22)15-6-4-5-7-16(15)18(21)23/h4-11H,3,12H2,1-2H3,(H,24,25)/t20-/m0/s1. The van der Waals surface area contributed by atoms with Crippen LogP contribution in [0.25, 0.3) is 0 Å². The Morgan fingerprint density at radius 1 is 1.04 bits per heavy atom. The monoisotopic (exact) mass is 353 g/mol. The van der Waals surface area contributed by atoms with Crippen molar-refractivity contribution in [2.75, 3.05) is 6.61 Å². The third-order valence-corrected chi connectivity index (χ3v) is 4.53. The van der Waals surface area contributed by atoms with Crippen LogP contribution >= 0.6 is 0 Å². The number of hydrogen-bond acceptors (Lipinski definition) is 4. The van der Waals surface area contributed by atoms with Gasteiger partial charge in [-0.15, -0.1) is 0 Å². The molecule has 0 unspecified atom stereocenters. The number of fused-ring (bicyclic) bond motifs is 1. The zero-order chi connectivity index (χ0) is 18.9. The van der Waals surface area contributed by atoms with Crippen molar-refractivity contribution in [2.24, 2.45) is 0 Å². The fourth-order valence-corrected chi connectivity index (χ4v) is 3.16. The number of aliphatic carboxylic acids is 1. The molecule has 1 aliphatic rings. The number of benzene rings is 2. The maximum Gasteiger partial charge on any atom is 0.330 e. The third kappa shape index (κ3) is 2.83. The summed E-state index contributed by atoms with van der Waals surface area (Å²) in [6.45, 7) is 3.80. The van der Waals surface area contributed by atoms with Crippen LogP contribution in [0, 0.1) is 0 Å². The van der Waals surface area contributed by atoms with Crippen LogP contribution in [0.2, 0.25) is 0 Å². The molecular weight excluding hydrogens is 334 g/mol. The second kappa shape index (κ2) is 6.63. The SMILES string of the molecule is CCOc1ccc(C[C@@](C)(C(=O)O)N2C(=O)c3ccccc3C2=O)cc1. The van der Waals surface area contributed by atoms with Gasteiger partial charge in [0.2, 0.25) is 0 Å². The van der Waals surface area contributed by atoms with E-state index in [0.717, 1.165) is 4.90 Å². The summed E-state index contributed by atoms with van der Waals surface area (Å²) in [6, 6.07) is 13.3. The van der Waals surface area contributed by atoms with Gasteiger partial charge >= 0.3 is 5.97 Å². The molecule has 134 valence electrons. The van der Waals surface area contributed by atoms with Gasteiger partial charge < -0.3 is 9.84 Å². The maximum atomic E-state index is 12.7. The zero-order valence-electron chi connectivity index (χ0n) is 14.6. The Kier molecular flexibility index (Phi) is 4.50. The molecule has 1 N–H and O–H groups in total. The number of rotatable bonds is 6. The van der Waals surface area contributed by atoms with Gasteiger partial charge in [-0.1, -0.05) is 24.3 Å². The first-order valence-corrected chi connectivity index (χ1v) is 8.31. The van der Waals surface area contributed by atoms with Gasteiger partial charge in [0, 0.05) is 6.42 Å². The topological polar surface area (TPSA) is 83.9 Å². The van der Waals surface area contributed by atoms with Crippen molar-refractivity contribution in [2.45, 2.75) is 25.8 Å². The van der Waals surface area contributed by atoms with Crippen molar-refractivity contribution in [3.63, 3.8) is 0 Å². The van der Waals surface area contributed by atoms with Gasteiger partial charge in [0.1, 0.15) is 11.3 Å². The van der Waals surface area contributed by atoms with Crippen LogP contribution in [0.1, 0.15) is 40.1 Å². The van der Waals surface area contributed by atoms with Crippen molar-refractivity contribution in [1.29, 1.82) is 0 Å². The van der Waals surface area contributed by atoms with Crippen molar-refractivity contribution < 1.29 is 24.2 Å². The number of amides is 2. The molecule has 0 aromatic heterocycles. The van der Waals surface area contributed by atoms with Gasteiger partial charge in [0.15, 0.2) is 0 Å². The summed E-state index contributed by atoms with van der Waals surface area (Å²) in [4.78, 5) is 38.3. The minimum absolute atomic E-state index is 0.000205. The van der Waals surface area contributed by atoms with Crippen LogP contribution in [-0.2, 0) is 11.2 Å². The van der Waals surface area contributed by atoms with E-state index in [4.69, 9.17) is 4.74 Å². The van der Waals surface area contributed by atoms with Gasteiger partial charge in [-0.25, -0.2) is 4.79 Å². The maximum absolute atomic E-state index is 12.7. The quantitative estimate of drug-likeness (QED) is 0.807. The number of nitrogens with zero attached hydrogens (tertiary/aromatic N) is 1. The lowest BCUT2D eigenvalue weighted by Gasteiger charge is -2.33. The predicted octanol–water partition coefficient (Wildman–Crippen LogP) is 2.77. The van der Waals surface area contributed by atoms with Crippen LogP contribution in [-0.4, -0.2) is 39.9 Å². The Hall–Kier alpha value is -3.15. The second-order valence-corrected chi connectivity index (χ2v) is 6.32. The number of ether oxygens (including phenoxy) is 1. The van der Waals surface area contributed by atoms with Gasteiger partial charge in [-0.05, 0) is 43.7 Å². The van der Waals surface area contributed by atoms with Crippen molar-refractivity contribution in [1.82, 2.24) is 4.90 Å². The molecule has 0 fully saturated rings. The highest BCUT2D eigenvalue weighted by molar-refractivity contribution is 6.23. The Morgan fingerprint density at radius 3 is 2.04 bits per heavy atom. The molecule has 6 heteroatoms. The normalized spacial score (nSPS) is 15.5. The number of carboxylic acid groups (broad SMARTS) is 1. The van der Waals surface area contributed by atoms with E-state index in [1.165, 1.54) is 19.1 Å². The van der Waals surface area contributed by atoms with Crippen LogP contribution in [0.5, 0.6) is 5.75 Å². The predicted molar refractivity (Wildman–Crippen MR) is 94.3 cm³/mol. The van der Waals surface area contributed by atoms with Crippen LogP contribution in [0.3, 0.4) is 0 Å². The second-order valence-electron chi connectivity index (χ2n) is 6.32. The molecule has 0 spiro atoms. The molecule has 1 heterocycles. The van der Waals surface area contributed by atoms with Crippen molar-refractivity contribution in [3.05, 3.63) is 65.2 Å². The molecule has 0 bridgehead atoms. The summed E-state index contributed by atoms with van der Waals surface area (Å²) >= 11 is 0. The molecule has 2 amide bonds. The molecule has 2 aromatic carbocycles.